The normalized spacial score (nSPS) is 16.5. The maximum absolute atomic E-state index is 13.0. The smallest absolute Gasteiger partial charge is 0.280 e. The molecule has 380 valence electrons. The molecule has 0 aromatic carbocycles. The number of imidazole rings is 2. The first-order valence-electron chi connectivity index (χ1n) is 24.7. The number of carbonyl (C=O) groups is 1. The summed E-state index contributed by atoms with van der Waals surface area (Å²) in [5.41, 5.74) is 15.2. The minimum absolute atomic E-state index is 0.0343. The number of nitrogens with two attached hydrogens (primary N) is 2. The van der Waals surface area contributed by atoms with Crippen LogP contribution < -0.4 is 31.1 Å². The van der Waals surface area contributed by atoms with Crippen molar-refractivity contribution >= 4 is 76.5 Å². The van der Waals surface area contributed by atoms with Crippen molar-refractivity contribution in [3.8, 4) is 17.2 Å². The first-order chi connectivity index (χ1) is 34.8. The average molecular weight is 1180 g/mol. The highest BCUT2D eigenvalue weighted by Crippen LogP contribution is 2.41. The molecule has 5 N–H and O–H groups in total. The second-order valence-electron chi connectivity index (χ2n) is 19.4. The number of rotatable bonds is 15. The zero-order valence-electron chi connectivity index (χ0n) is 39.8. The molecule has 0 aliphatic heterocycles. The van der Waals surface area contributed by atoms with E-state index in [2.05, 4.69) is 85.6 Å². The summed E-state index contributed by atoms with van der Waals surface area (Å²) in [6, 6.07) is 11.2. The van der Waals surface area contributed by atoms with Crippen LogP contribution in [-0.2, 0) is 6.42 Å². The summed E-state index contributed by atoms with van der Waals surface area (Å²) in [4.78, 5) is 43.4. The van der Waals surface area contributed by atoms with Crippen LogP contribution in [0.2, 0.25) is 0 Å². The predicted molar refractivity (Wildman–Crippen MR) is 283 cm³/mol. The number of halogens is 5. The SMILES string of the molecule is Brc1cn2cc(C3CC3)nc2cc1OCC1CCC1.Nc1cc(=O)c(Br)c[nH]1.Nc1cc(OCC2CCC2)c(Br)cn1.O=C(Cc1cn2cc(C3CC3)nc2cc1OCC1CCC1)c1cccc(C(F)F)n1. The Hall–Kier alpha value is -5.40. The Balaban J connectivity index is 0.000000130. The molecule has 72 heavy (non-hydrogen) atoms. The molecule has 0 amide bonds. The number of aromatic amines is 1. The van der Waals surface area contributed by atoms with E-state index >= 15 is 0 Å². The second kappa shape index (κ2) is 23.6. The molecule has 0 unspecified atom stereocenters. The number of nitrogen functional groups attached to an aromatic ring is 2. The van der Waals surface area contributed by atoms with Crippen LogP contribution in [0.15, 0.2) is 97.9 Å². The lowest BCUT2D eigenvalue weighted by molar-refractivity contribution is 0.0984. The van der Waals surface area contributed by atoms with E-state index in [1.165, 1.54) is 93.9 Å². The number of fused-ring (bicyclic) bond motifs is 2. The summed E-state index contributed by atoms with van der Waals surface area (Å²) in [5.74, 6) is 6.18. The van der Waals surface area contributed by atoms with Gasteiger partial charge < -0.3 is 39.5 Å². The Bertz CT molecular complexity index is 3060. The number of Topliss-reactive ketones (excluding diaryl/α,β-unsaturated/α-hetero) is 1. The molecule has 19 heteroatoms. The Morgan fingerprint density at radius 3 is 1.74 bits per heavy atom. The monoisotopic (exact) mass is 1180 g/mol. The summed E-state index contributed by atoms with van der Waals surface area (Å²) in [5, 5.41) is 0. The lowest BCUT2D eigenvalue weighted by Gasteiger charge is -2.25. The van der Waals surface area contributed by atoms with E-state index in [0.29, 0.717) is 46.2 Å². The Morgan fingerprint density at radius 1 is 0.681 bits per heavy atom. The van der Waals surface area contributed by atoms with E-state index in [0.717, 1.165) is 93.7 Å². The van der Waals surface area contributed by atoms with Crippen LogP contribution in [0.25, 0.3) is 11.3 Å². The standard InChI is InChI=1S/C23H23F2N3O2.C15H17BrN2O.C10H13BrN2O.C5H5BrN2O/c24-23(25)18-6-2-5-17(26-18)20(29)9-16-11-28-12-19(15-7-8-15)27-22(28)10-21(16)30-13-14-3-1-4-14;16-12-7-18-8-13(11-4-5-11)17-15(18)6-14(12)19-9-10-2-1-3-10;11-8-5-13-10(12)4-9(8)14-6-7-2-1-3-7;6-3-2-8-5(7)1-4(3)9/h2,5-6,10-12,14-15,23H,1,3-4,7-9,13H2;6-8,10-11H,1-5,9H2;4-5,7H,1-3,6H2,(H2,12,13);1-2H,(H3,7,8,9). The van der Waals surface area contributed by atoms with Gasteiger partial charge in [0.05, 0.1) is 44.6 Å². The number of ketones is 1. The molecule has 5 saturated carbocycles. The van der Waals surface area contributed by atoms with Crippen molar-refractivity contribution in [2.75, 3.05) is 31.3 Å². The third-order valence-electron chi connectivity index (χ3n) is 13.6. The molecular weight excluding hydrogens is 1120 g/mol. The quantitative estimate of drug-likeness (QED) is 0.0828. The average Bonchev–Trinajstić information content (AvgIpc) is 4.26. The van der Waals surface area contributed by atoms with Crippen molar-refractivity contribution < 1.29 is 27.8 Å². The van der Waals surface area contributed by atoms with Gasteiger partial charge >= 0.3 is 0 Å². The Kier molecular flexibility index (Phi) is 16.9. The maximum Gasteiger partial charge on any atom is 0.280 e. The van der Waals surface area contributed by atoms with Crippen molar-refractivity contribution in [3.63, 3.8) is 0 Å². The number of aromatic nitrogens is 7. The number of hydrogen-bond donors (Lipinski definition) is 3. The molecule has 14 nitrogen and oxygen atoms in total. The van der Waals surface area contributed by atoms with Gasteiger partial charge in [0.1, 0.15) is 51.6 Å². The molecule has 0 radical (unpaired) electrons. The van der Waals surface area contributed by atoms with Crippen molar-refractivity contribution in [1.82, 2.24) is 33.7 Å². The molecule has 5 aliphatic rings. The van der Waals surface area contributed by atoms with Crippen LogP contribution >= 0.6 is 47.8 Å². The molecule has 12 rings (SSSR count). The number of anilines is 2. The Morgan fingerprint density at radius 2 is 1.22 bits per heavy atom. The zero-order chi connectivity index (χ0) is 50.3. The van der Waals surface area contributed by atoms with Gasteiger partial charge in [0.15, 0.2) is 11.2 Å². The molecule has 5 fully saturated rings. The summed E-state index contributed by atoms with van der Waals surface area (Å²) in [6.45, 7) is 2.25. The van der Waals surface area contributed by atoms with Crippen LogP contribution in [0.1, 0.15) is 135 Å². The van der Waals surface area contributed by atoms with Crippen molar-refractivity contribution in [2.45, 2.75) is 108 Å². The minimum Gasteiger partial charge on any atom is -0.493 e. The number of carbonyl (C=O) groups excluding carboxylic acids is 1. The van der Waals surface area contributed by atoms with E-state index in [4.69, 9.17) is 35.6 Å². The van der Waals surface area contributed by atoms with Crippen LogP contribution in [0.5, 0.6) is 17.2 Å². The van der Waals surface area contributed by atoms with Crippen molar-refractivity contribution in [1.29, 1.82) is 0 Å². The molecule has 7 aromatic heterocycles. The molecule has 0 spiro atoms. The first kappa shape index (κ1) is 51.5. The molecule has 0 saturated heterocycles. The zero-order valence-corrected chi connectivity index (χ0v) is 44.5. The number of ether oxygens (including phenoxy) is 3. The van der Waals surface area contributed by atoms with E-state index in [9.17, 15) is 18.4 Å². The largest absolute Gasteiger partial charge is 0.493 e. The number of nitrogens with one attached hydrogen (secondary N) is 1. The number of H-pyrrole nitrogens is 1. The number of alkyl halides is 2. The van der Waals surface area contributed by atoms with Crippen molar-refractivity contribution in [2.24, 2.45) is 17.8 Å². The van der Waals surface area contributed by atoms with Gasteiger partial charge in [-0.2, -0.15) is 0 Å². The first-order valence-corrected chi connectivity index (χ1v) is 27.1. The van der Waals surface area contributed by atoms with Crippen molar-refractivity contribution in [3.05, 3.63) is 132 Å². The molecule has 5 aliphatic carbocycles. The van der Waals surface area contributed by atoms with Crippen LogP contribution in [0, 0.1) is 17.8 Å². The van der Waals surface area contributed by atoms with Gasteiger partial charge in [-0.3, -0.25) is 9.59 Å². The van der Waals surface area contributed by atoms with Gasteiger partial charge in [0.2, 0.25) is 0 Å². The van der Waals surface area contributed by atoms with Crippen LogP contribution in [0.3, 0.4) is 0 Å². The number of pyridine rings is 5. The highest BCUT2D eigenvalue weighted by atomic mass is 79.9. The van der Waals surface area contributed by atoms with Gasteiger partial charge in [-0.05, 0) is 142 Å². The van der Waals surface area contributed by atoms with Gasteiger partial charge in [-0.15, -0.1) is 0 Å². The fourth-order valence-corrected chi connectivity index (χ4v) is 9.24. The van der Waals surface area contributed by atoms with E-state index in [1.807, 2.05) is 22.9 Å². The second-order valence-corrected chi connectivity index (χ2v) is 21.9. The van der Waals surface area contributed by atoms with E-state index in [-0.39, 0.29) is 29.0 Å². The molecule has 0 bridgehead atoms. The lowest BCUT2D eigenvalue weighted by Crippen LogP contribution is -2.20. The topological polar surface area (TPSA) is 190 Å². The fraction of sp³-hybridized carbons (Fsp3) is 0.434. The van der Waals surface area contributed by atoms with Gasteiger partial charge in [0, 0.05) is 85.3 Å². The predicted octanol–water partition coefficient (Wildman–Crippen LogP) is 12.6. The van der Waals surface area contributed by atoms with E-state index < -0.39 is 6.43 Å². The van der Waals surface area contributed by atoms with Gasteiger partial charge in [-0.25, -0.2) is 28.7 Å². The third-order valence-corrected chi connectivity index (χ3v) is 15.4. The van der Waals surface area contributed by atoms with Gasteiger partial charge in [-0.1, -0.05) is 25.3 Å². The summed E-state index contributed by atoms with van der Waals surface area (Å²) in [7, 11) is 0. The highest BCUT2D eigenvalue weighted by Gasteiger charge is 2.28. The third kappa shape index (κ3) is 13.8. The van der Waals surface area contributed by atoms with Crippen LogP contribution in [-0.4, -0.2) is 59.3 Å². The highest BCUT2D eigenvalue weighted by molar-refractivity contribution is 9.11. The van der Waals surface area contributed by atoms with Crippen LogP contribution in [0.4, 0.5) is 20.4 Å². The molecule has 7 aromatic rings. The lowest BCUT2D eigenvalue weighted by atomic mass is 9.86. The fourth-order valence-electron chi connectivity index (χ4n) is 8.23. The van der Waals surface area contributed by atoms with E-state index in [1.54, 1.807) is 12.3 Å². The number of nitrogens with zero attached hydrogens (tertiary/aromatic N) is 6. The molecule has 0 atom stereocenters. The molecular formula is C53H58Br3F2N9O5. The Labute approximate surface area is 441 Å². The number of hydrogen-bond acceptors (Lipinski definition) is 11. The maximum atomic E-state index is 13.0. The minimum atomic E-state index is -2.71. The molecule has 7 heterocycles. The summed E-state index contributed by atoms with van der Waals surface area (Å²) in [6.07, 6.45) is 25.0. The summed E-state index contributed by atoms with van der Waals surface area (Å²) < 4.78 is 50.0. The summed E-state index contributed by atoms with van der Waals surface area (Å²) >= 11 is 10.0. The van der Waals surface area contributed by atoms with Gasteiger partial charge in [0.25, 0.3) is 6.43 Å².